The highest BCUT2D eigenvalue weighted by molar-refractivity contribution is 8.00. The second-order valence-electron chi connectivity index (χ2n) is 13.0. The molecule has 222 valence electrons. The zero-order valence-electron chi connectivity index (χ0n) is 24.6. The first-order chi connectivity index (χ1) is 19.9. The Bertz CT molecular complexity index is 1160. The summed E-state index contributed by atoms with van der Waals surface area (Å²) in [5.74, 6) is 0.923. The molecule has 4 aliphatic heterocycles. The third-order valence-electron chi connectivity index (χ3n) is 10.4. The summed E-state index contributed by atoms with van der Waals surface area (Å²) in [4.78, 5) is 20.8. The predicted molar refractivity (Wildman–Crippen MR) is 162 cm³/mol. The number of hydrogen-bond acceptors (Lipinski definition) is 8. The van der Waals surface area contributed by atoms with Crippen LogP contribution in [0.25, 0.3) is 0 Å². The fraction of sp³-hybridized carbons (Fsp3) is 0.688. The molecule has 1 aliphatic carbocycles. The smallest absolute Gasteiger partial charge is 0.246 e. The second-order valence-corrected chi connectivity index (χ2v) is 14.5. The molecule has 6 rings (SSSR count). The predicted octanol–water partition coefficient (Wildman–Crippen LogP) is 3.72. The van der Waals surface area contributed by atoms with Crippen molar-refractivity contribution in [2.24, 2.45) is 5.92 Å². The molecule has 0 bridgehead atoms. The molecule has 1 aromatic rings. The molecule has 0 radical (unpaired) electrons. The van der Waals surface area contributed by atoms with Crippen molar-refractivity contribution in [2.75, 3.05) is 39.8 Å². The molecule has 8 atom stereocenters. The van der Waals surface area contributed by atoms with Gasteiger partial charge in [0.1, 0.15) is 0 Å². The van der Waals surface area contributed by atoms with Gasteiger partial charge in [0, 0.05) is 47.3 Å². The first-order valence-electron chi connectivity index (χ1n) is 15.6. The number of hydrogen-bond donors (Lipinski definition) is 2. The fourth-order valence-electron chi connectivity index (χ4n) is 8.26. The van der Waals surface area contributed by atoms with Crippen molar-refractivity contribution in [1.29, 1.82) is 5.26 Å². The van der Waals surface area contributed by atoms with E-state index in [-0.39, 0.29) is 29.2 Å². The van der Waals surface area contributed by atoms with Crippen molar-refractivity contribution in [3.05, 3.63) is 42.5 Å². The molecule has 8 nitrogen and oxygen atoms in total. The Kier molecular flexibility index (Phi) is 8.79. The van der Waals surface area contributed by atoms with Crippen molar-refractivity contribution in [3.63, 3.8) is 0 Å². The molecule has 1 amide bonds. The quantitative estimate of drug-likeness (QED) is 0.495. The summed E-state index contributed by atoms with van der Waals surface area (Å²) >= 11 is 2.11. The minimum atomic E-state index is -0.217. The highest BCUT2D eigenvalue weighted by Gasteiger charge is 2.51. The van der Waals surface area contributed by atoms with Gasteiger partial charge in [0.05, 0.1) is 31.3 Å². The van der Waals surface area contributed by atoms with Crippen LogP contribution in [0.5, 0.6) is 0 Å². The lowest BCUT2D eigenvalue weighted by atomic mass is 9.71. The number of nitriles is 1. The van der Waals surface area contributed by atoms with Gasteiger partial charge in [-0.2, -0.15) is 5.26 Å². The van der Waals surface area contributed by atoms with Gasteiger partial charge in [0.2, 0.25) is 5.91 Å². The fourth-order valence-corrected chi connectivity index (χ4v) is 10.1. The van der Waals surface area contributed by atoms with Crippen LogP contribution >= 0.6 is 11.8 Å². The van der Waals surface area contributed by atoms with Crippen molar-refractivity contribution in [1.82, 2.24) is 25.3 Å². The van der Waals surface area contributed by atoms with Crippen molar-refractivity contribution in [2.45, 2.75) is 98.1 Å². The van der Waals surface area contributed by atoms with Crippen molar-refractivity contribution in [3.8, 4) is 6.07 Å². The molecule has 2 N–H and O–H groups in total. The zero-order valence-corrected chi connectivity index (χ0v) is 25.5. The molecule has 0 aromatic heterocycles. The lowest BCUT2D eigenvalue weighted by Gasteiger charge is -2.56. The van der Waals surface area contributed by atoms with E-state index in [9.17, 15) is 10.1 Å². The van der Waals surface area contributed by atoms with E-state index in [4.69, 9.17) is 4.74 Å². The van der Waals surface area contributed by atoms with Crippen LogP contribution in [0.4, 0.5) is 0 Å². The molecule has 4 heterocycles. The first-order valence-corrected chi connectivity index (χ1v) is 16.4. The van der Waals surface area contributed by atoms with Crippen LogP contribution in [-0.2, 0) is 9.53 Å². The number of amides is 1. The van der Waals surface area contributed by atoms with Gasteiger partial charge in [-0.1, -0.05) is 31.7 Å². The minimum absolute atomic E-state index is 0.0775. The maximum Gasteiger partial charge on any atom is 0.246 e. The summed E-state index contributed by atoms with van der Waals surface area (Å²) in [7, 11) is 2.20. The summed E-state index contributed by atoms with van der Waals surface area (Å²) in [6, 6.07) is 12.0. The van der Waals surface area contributed by atoms with Gasteiger partial charge in [-0.3, -0.25) is 20.3 Å². The van der Waals surface area contributed by atoms with Crippen LogP contribution in [0.15, 0.2) is 41.8 Å². The van der Waals surface area contributed by atoms with E-state index in [2.05, 4.69) is 83.1 Å². The van der Waals surface area contributed by atoms with Crippen LogP contribution in [0, 0.1) is 17.2 Å². The Labute approximate surface area is 249 Å². The lowest BCUT2D eigenvalue weighted by molar-refractivity contribution is -0.135. The number of thioether (sulfide) groups is 1. The van der Waals surface area contributed by atoms with Crippen LogP contribution in [0.1, 0.15) is 63.4 Å². The molecule has 9 heteroatoms. The number of nitrogens with one attached hydrogen (secondary N) is 2. The van der Waals surface area contributed by atoms with Gasteiger partial charge in [-0.25, -0.2) is 0 Å². The summed E-state index contributed by atoms with van der Waals surface area (Å²) in [5, 5.41) is 17.3. The van der Waals surface area contributed by atoms with Crippen LogP contribution in [0.3, 0.4) is 0 Å². The average molecular weight is 579 g/mol. The largest absolute Gasteiger partial charge is 0.348 e. The van der Waals surface area contributed by atoms with Gasteiger partial charge in [-0.05, 0) is 75.7 Å². The second kappa shape index (κ2) is 12.4. The third-order valence-corrected chi connectivity index (χ3v) is 12.0. The standard InChI is InChI=1S/C32H46N6O2S/c1-4-29(39)38-17-16-37(20-23(38)12-14-33)30-26-11-13-32(18-22(2)25-9-5-6-10-28(25)41-32)19-27(26)34-31(35-30)40-21-24-8-7-15-36(24)3/h4-6,9-10,22-24,26-27,30-31,34-35H,1,7-8,11-13,15-21H2,2-3H3/t22?,23?,24?,26?,27?,30?,31?,32-/m0/s1. The first kappa shape index (κ1) is 29.2. The zero-order chi connectivity index (χ0) is 28.6. The van der Waals surface area contributed by atoms with E-state index in [1.54, 1.807) is 0 Å². The molecule has 5 aliphatic rings. The molecule has 7 unspecified atom stereocenters. The molecule has 41 heavy (non-hydrogen) atoms. The molecule has 4 fully saturated rings. The summed E-state index contributed by atoms with van der Waals surface area (Å²) in [6.07, 6.45) is 8.74. The van der Waals surface area contributed by atoms with Crippen LogP contribution in [-0.4, -0.2) is 95.8 Å². The minimum Gasteiger partial charge on any atom is -0.348 e. The molecular formula is C32H46N6O2S. The highest BCUT2D eigenvalue weighted by atomic mass is 32.2. The van der Waals surface area contributed by atoms with Gasteiger partial charge >= 0.3 is 0 Å². The average Bonchev–Trinajstić information content (AvgIpc) is 3.39. The van der Waals surface area contributed by atoms with E-state index in [1.165, 1.54) is 42.2 Å². The van der Waals surface area contributed by atoms with Gasteiger partial charge in [0.25, 0.3) is 0 Å². The van der Waals surface area contributed by atoms with E-state index in [0.29, 0.717) is 50.0 Å². The topological polar surface area (TPSA) is 83.9 Å². The summed E-state index contributed by atoms with van der Waals surface area (Å²) in [5.41, 5.74) is 1.50. The Hall–Kier alpha value is -1.93. The molecule has 1 aromatic carbocycles. The van der Waals surface area contributed by atoms with E-state index >= 15 is 0 Å². The monoisotopic (exact) mass is 578 g/mol. The van der Waals surface area contributed by atoms with E-state index in [0.717, 1.165) is 25.9 Å². The molecule has 1 saturated carbocycles. The number of carbonyl (C=O) groups excluding carboxylic acids is 1. The third kappa shape index (κ3) is 5.97. The Morgan fingerprint density at radius 3 is 2.85 bits per heavy atom. The highest BCUT2D eigenvalue weighted by Crippen LogP contribution is 2.56. The number of likely N-dealkylation sites (tertiary alicyclic amines) is 1. The molecule has 1 spiro atoms. The number of ether oxygens (including phenoxy) is 1. The SMILES string of the molecule is C=CC(=O)N1CCN(C2NC(OCC3CCCN3C)NC3C[C@]4(CCC32)CC(C)c2ccccc2S4)CC1CC#N. The van der Waals surface area contributed by atoms with Gasteiger partial charge in [-0.15, -0.1) is 11.8 Å². The number of rotatable bonds is 6. The Balaban J connectivity index is 1.22. The van der Waals surface area contributed by atoms with E-state index < -0.39 is 0 Å². The number of likely N-dealkylation sites (N-methyl/N-ethyl adjacent to an activating group) is 1. The van der Waals surface area contributed by atoms with Gasteiger partial charge in [0.15, 0.2) is 6.35 Å². The number of nitrogens with zero attached hydrogens (tertiary/aromatic N) is 4. The normalized spacial score (nSPS) is 37.8. The van der Waals surface area contributed by atoms with E-state index in [1.807, 2.05) is 4.90 Å². The molecule has 3 saturated heterocycles. The maximum absolute atomic E-state index is 12.6. The number of carbonyl (C=O) groups is 1. The van der Waals surface area contributed by atoms with Crippen molar-refractivity contribution < 1.29 is 9.53 Å². The van der Waals surface area contributed by atoms with Gasteiger partial charge < -0.3 is 14.5 Å². The number of piperazine rings is 1. The maximum atomic E-state index is 12.6. The van der Waals surface area contributed by atoms with Crippen molar-refractivity contribution >= 4 is 17.7 Å². The van der Waals surface area contributed by atoms with Crippen LogP contribution < -0.4 is 10.6 Å². The summed E-state index contributed by atoms with van der Waals surface area (Å²) < 4.78 is 6.82. The summed E-state index contributed by atoms with van der Waals surface area (Å²) in [6.45, 7) is 10.0. The molecular weight excluding hydrogens is 532 g/mol. The number of benzene rings is 1. The Morgan fingerprint density at radius 1 is 1.22 bits per heavy atom. The van der Waals surface area contributed by atoms with Crippen LogP contribution in [0.2, 0.25) is 0 Å². The Morgan fingerprint density at radius 2 is 2.07 bits per heavy atom. The lowest BCUT2D eigenvalue weighted by Crippen LogP contribution is -2.72. The number of fused-ring (bicyclic) bond motifs is 2.